The number of aryl methyl sites for hydroxylation is 1. The highest BCUT2D eigenvalue weighted by Crippen LogP contribution is 2.31. The number of amides is 1. The van der Waals surface area contributed by atoms with Gasteiger partial charge in [0.1, 0.15) is 5.75 Å². The van der Waals surface area contributed by atoms with Crippen LogP contribution in [0.3, 0.4) is 0 Å². The van der Waals surface area contributed by atoms with Crippen LogP contribution in [0.5, 0.6) is 11.5 Å². The zero-order valence-electron chi connectivity index (χ0n) is 21.0. The normalized spacial score (nSPS) is 10.5. The minimum atomic E-state index is -3.69. The van der Waals surface area contributed by atoms with Crippen molar-refractivity contribution in [2.75, 3.05) is 5.32 Å². The summed E-state index contributed by atoms with van der Waals surface area (Å²) in [5.41, 5.74) is 9.65. The third-order valence-corrected chi connectivity index (χ3v) is 6.40. The number of carboxylic acids is 1. The van der Waals surface area contributed by atoms with E-state index in [4.69, 9.17) is 20.7 Å². The topological polar surface area (TPSA) is 162 Å². The van der Waals surface area contributed by atoms with E-state index in [9.17, 15) is 18.0 Å². The summed E-state index contributed by atoms with van der Waals surface area (Å²) in [6.07, 6.45) is 0.450. The van der Waals surface area contributed by atoms with E-state index in [1.54, 1.807) is 42.5 Å². The maximum Gasteiger partial charge on any atom is 0.335 e. The average Bonchev–Trinajstić information content (AvgIpc) is 2.90. The lowest BCUT2D eigenvalue weighted by atomic mass is 10.0. The van der Waals surface area contributed by atoms with E-state index >= 15 is 0 Å². The quantitative estimate of drug-likeness (QED) is 0.227. The second-order valence-corrected chi connectivity index (χ2v) is 9.87. The van der Waals surface area contributed by atoms with Crippen LogP contribution in [0.4, 0.5) is 5.69 Å². The highest BCUT2D eigenvalue weighted by molar-refractivity contribution is 7.89. The number of rotatable bonds is 8. The minimum absolute atomic E-state index is 0.0424. The molecule has 0 heterocycles. The lowest BCUT2D eigenvalue weighted by Crippen LogP contribution is -2.13. The number of nitrogens with one attached hydrogen (secondary N) is 1. The lowest BCUT2D eigenvalue weighted by molar-refractivity contribution is -0.105. The van der Waals surface area contributed by atoms with Gasteiger partial charge in [-0.2, -0.15) is 0 Å². The molecule has 0 radical (unpaired) electrons. The van der Waals surface area contributed by atoms with Crippen LogP contribution in [-0.4, -0.2) is 25.9 Å². The van der Waals surface area contributed by atoms with Crippen LogP contribution in [0.15, 0.2) is 102 Å². The van der Waals surface area contributed by atoms with Gasteiger partial charge in [0.05, 0.1) is 16.1 Å². The van der Waals surface area contributed by atoms with Gasteiger partial charge in [-0.3, -0.25) is 4.79 Å². The van der Waals surface area contributed by atoms with Gasteiger partial charge in [0, 0.05) is 16.8 Å². The molecule has 0 aliphatic carbocycles. The Morgan fingerprint density at radius 3 is 2.26 bits per heavy atom. The molecule has 0 fully saturated rings. The summed E-state index contributed by atoms with van der Waals surface area (Å²) >= 11 is 0. The number of carboxylic acid groups (broad SMARTS) is 1. The number of hydrogen-bond donors (Lipinski definition) is 4. The van der Waals surface area contributed by atoms with E-state index in [1.165, 1.54) is 24.3 Å². The smallest absolute Gasteiger partial charge is 0.335 e. The maximum atomic E-state index is 11.5. The zero-order valence-corrected chi connectivity index (χ0v) is 21.8. The highest BCUT2D eigenvalue weighted by Gasteiger charge is 2.14. The van der Waals surface area contributed by atoms with Crippen LogP contribution >= 0.6 is 0 Å². The van der Waals surface area contributed by atoms with Crippen molar-refractivity contribution < 1.29 is 27.9 Å². The molecule has 6 N–H and O–H groups in total. The van der Waals surface area contributed by atoms with Crippen molar-refractivity contribution in [2.45, 2.75) is 11.8 Å². The zero-order chi connectivity index (χ0) is 28.6. The lowest BCUT2D eigenvalue weighted by Gasteiger charge is -2.12. The average molecular weight is 546 g/mol. The second-order valence-electron chi connectivity index (χ2n) is 8.34. The molecule has 0 saturated carbocycles. The van der Waals surface area contributed by atoms with Crippen molar-refractivity contribution in [3.8, 4) is 22.6 Å². The fraction of sp³-hybridized carbons (Fsp3) is 0.0345. The van der Waals surface area contributed by atoms with Crippen molar-refractivity contribution in [3.63, 3.8) is 0 Å². The first kappa shape index (κ1) is 28.6. The summed E-state index contributed by atoms with van der Waals surface area (Å²) in [4.78, 5) is 21.8. The van der Waals surface area contributed by atoms with Gasteiger partial charge in [-0.05, 0) is 48.9 Å². The molecular weight excluding hydrogens is 518 g/mol. The predicted molar refractivity (Wildman–Crippen MR) is 151 cm³/mol. The summed E-state index contributed by atoms with van der Waals surface area (Å²) in [5.74, 6) is -0.292. The summed E-state index contributed by atoms with van der Waals surface area (Å²) in [5, 5.41) is 16.6. The summed E-state index contributed by atoms with van der Waals surface area (Å²) in [7, 11) is -3.69. The Labute approximate surface area is 226 Å². The monoisotopic (exact) mass is 545 g/mol. The van der Waals surface area contributed by atoms with Gasteiger partial charge in [-0.1, -0.05) is 66.7 Å². The van der Waals surface area contributed by atoms with E-state index in [0.29, 0.717) is 34.7 Å². The molecule has 4 rings (SSSR count). The molecule has 0 atom stereocenters. The Morgan fingerprint density at radius 2 is 1.64 bits per heavy atom. The summed E-state index contributed by atoms with van der Waals surface area (Å²) in [6.45, 7) is 5.63. The largest absolute Gasteiger partial charge is 0.478 e. The molecule has 1 amide bonds. The molecule has 0 unspecified atom stereocenters. The molecule has 9 nitrogen and oxygen atoms in total. The predicted octanol–water partition coefficient (Wildman–Crippen LogP) is 4.98. The van der Waals surface area contributed by atoms with Crippen molar-refractivity contribution in [2.24, 2.45) is 10.9 Å². The number of carbonyl (C=O) groups excluding carboxylic acids is 1. The number of sulfonamides is 1. The Kier molecular flexibility index (Phi) is 9.21. The molecule has 0 saturated heterocycles. The fourth-order valence-corrected chi connectivity index (χ4v) is 4.26. The summed E-state index contributed by atoms with van der Waals surface area (Å²) < 4.78 is 28.6. The van der Waals surface area contributed by atoms with Crippen molar-refractivity contribution >= 4 is 33.8 Å². The van der Waals surface area contributed by atoms with Crippen LogP contribution in [0.1, 0.15) is 21.5 Å². The van der Waals surface area contributed by atoms with E-state index in [-0.39, 0.29) is 16.1 Å². The van der Waals surface area contributed by atoms with Crippen LogP contribution < -0.4 is 20.9 Å². The number of hydrogen-bond acceptors (Lipinski definition) is 6. The van der Waals surface area contributed by atoms with Crippen molar-refractivity contribution in [1.82, 2.24) is 0 Å². The minimum Gasteiger partial charge on any atom is -0.478 e. The van der Waals surface area contributed by atoms with Crippen molar-refractivity contribution in [1.29, 1.82) is 0 Å². The number of carbonyl (C=O) groups is 2. The number of ether oxygens (including phenoxy) is 1. The molecule has 200 valence electrons. The van der Waals surface area contributed by atoms with Crippen LogP contribution in [0.25, 0.3) is 16.8 Å². The van der Waals surface area contributed by atoms with Crippen LogP contribution in [0, 0.1) is 6.92 Å². The number of primary sulfonamides is 1. The molecule has 39 heavy (non-hydrogen) atoms. The molecule has 0 aromatic heterocycles. The van der Waals surface area contributed by atoms with Gasteiger partial charge in [-0.15, -0.1) is 0 Å². The van der Waals surface area contributed by atoms with Gasteiger partial charge in [-0.25, -0.2) is 18.4 Å². The second kappa shape index (κ2) is 12.5. The Hall–Kier alpha value is -4.93. The fourth-order valence-electron chi connectivity index (χ4n) is 3.50. The Morgan fingerprint density at radius 1 is 0.949 bits per heavy atom. The number of anilines is 1. The van der Waals surface area contributed by atoms with E-state index in [0.717, 1.165) is 11.1 Å². The third-order valence-electron chi connectivity index (χ3n) is 5.43. The molecule has 0 spiro atoms. The SMILES string of the molecule is C=C(N)c1cccc(Oc2ccc(C(=O)O)cc2NC=O)c1.Cc1ccc(-c2ccccc2S(N)(=O)=O)cc1. The number of aromatic carboxylic acids is 1. The van der Waals surface area contributed by atoms with E-state index in [2.05, 4.69) is 11.9 Å². The Balaban J connectivity index is 0.000000223. The van der Waals surface area contributed by atoms with Gasteiger partial charge in [0.2, 0.25) is 16.4 Å². The first-order valence-electron chi connectivity index (χ1n) is 11.5. The molecule has 4 aromatic carbocycles. The first-order valence-corrected chi connectivity index (χ1v) is 13.0. The molecule has 0 aliphatic heterocycles. The molecule has 0 bridgehead atoms. The van der Waals surface area contributed by atoms with Crippen LogP contribution in [-0.2, 0) is 14.8 Å². The molecule has 0 aliphatic rings. The number of nitrogens with two attached hydrogens (primary N) is 2. The van der Waals surface area contributed by atoms with E-state index in [1.807, 2.05) is 31.2 Å². The Bertz CT molecular complexity index is 1620. The first-order chi connectivity index (χ1) is 18.5. The van der Waals surface area contributed by atoms with Gasteiger partial charge >= 0.3 is 5.97 Å². The standard InChI is InChI=1S/C16H14N2O4.C13H13NO2S/c1-10(17)11-3-2-4-13(7-11)22-15-6-5-12(16(20)21)8-14(15)18-9-19;1-10-6-8-11(9-7-10)12-4-2-3-5-13(12)17(14,15)16/h2-9H,1,17H2,(H,18,19)(H,20,21);2-9H,1H3,(H2,14,15,16). The van der Waals surface area contributed by atoms with Crippen LogP contribution in [0.2, 0.25) is 0 Å². The van der Waals surface area contributed by atoms with Gasteiger partial charge in [0.25, 0.3) is 0 Å². The maximum absolute atomic E-state index is 11.5. The molecular formula is C29H27N3O6S. The van der Waals surface area contributed by atoms with Gasteiger partial charge < -0.3 is 20.9 Å². The summed E-state index contributed by atoms with van der Waals surface area (Å²) in [6, 6.07) is 25.5. The molecule has 4 aromatic rings. The van der Waals surface area contributed by atoms with Crippen molar-refractivity contribution in [3.05, 3.63) is 114 Å². The molecule has 10 heteroatoms. The van der Waals surface area contributed by atoms with E-state index < -0.39 is 16.0 Å². The highest BCUT2D eigenvalue weighted by atomic mass is 32.2. The number of benzene rings is 4. The third kappa shape index (κ3) is 7.78. The van der Waals surface area contributed by atoms with Gasteiger partial charge in [0.15, 0.2) is 5.75 Å².